The Labute approximate surface area is 139 Å². The second-order valence-corrected chi connectivity index (χ2v) is 6.56. The third-order valence-electron chi connectivity index (χ3n) is 4.09. The molecule has 0 radical (unpaired) electrons. The first-order valence-corrected chi connectivity index (χ1v) is 8.46. The number of halogens is 1. The van der Waals surface area contributed by atoms with Gasteiger partial charge in [-0.1, -0.05) is 28.1 Å². The summed E-state index contributed by atoms with van der Waals surface area (Å²) >= 11 is 3.49. The number of hydrogen-bond donors (Lipinski definition) is 0. The summed E-state index contributed by atoms with van der Waals surface area (Å²) in [5, 5.41) is 0. The van der Waals surface area contributed by atoms with Crippen LogP contribution >= 0.6 is 15.9 Å². The van der Waals surface area contributed by atoms with Gasteiger partial charge in [0.1, 0.15) is 0 Å². The molecule has 0 N–H and O–H groups in total. The second kappa shape index (κ2) is 7.55. The van der Waals surface area contributed by atoms with Gasteiger partial charge in [-0.15, -0.1) is 0 Å². The maximum Gasteiger partial charge on any atom is 0.236 e. The van der Waals surface area contributed by atoms with Gasteiger partial charge in [-0.25, -0.2) is 0 Å². The van der Waals surface area contributed by atoms with E-state index >= 15 is 0 Å². The molecular weight excluding hydrogens is 348 g/mol. The van der Waals surface area contributed by atoms with Crippen molar-refractivity contribution in [3.05, 3.63) is 34.3 Å². The van der Waals surface area contributed by atoms with E-state index in [2.05, 4.69) is 33.0 Å². The summed E-state index contributed by atoms with van der Waals surface area (Å²) < 4.78 is 12.2. The van der Waals surface area contributed by atoms with Crippen LogP contribution in [0.25, 0.3) is 0 Å². The lowest BCUT2D eigenvalue weighted by molar-refractivity contribution is -0.138. The van der Waals surface area contributed by atoms with Crippen LogP contribution in [0, 0.1) is 0 Å². The van der Waals surface area contributed by atoms with E-state index in [1.807, 2.05) is 17.0 Å². The Morgan fingerprint density at radius 3 is 2.82 bits per heavy atom. The monoisotopic (exact) mass is 368 g/mol. The molecule has 2 aliphatic heterocycles. The molecule has 22 heavy (non-hydrogen) atoms. The van der Waals surface area contributed by atoms with Crippen molar-refractivity contribution in [2.45, 2.75) is 6.10 Å². The number of morpholine rings is 2. The van der Waals surface area contributed by atoms with Crippen molar-refractivity contribution in [2.24, 2.45) is 0 Å². The fourth-order valence-corrected chi connectivity index (χ4v) is 3.28. The van der Waals surface area contributed by atoms with Crippen LogP contribution in [0.4, 0.5) is 0 Å². The third-order valence-corrected chi connectivity index (χ3v) is 4.59. The summed E-state index contributed by atoms with van der Waals surface area (Å²) in [4.78, 5) is 16.4. The summed E-state index contributed by atoms with van der Waals surface area (Å²) in [6, 6.07) is 8.17. The molecule has 0 saturated carbocycles. The Hall–Kier alpha value is -0.950. The lowest BCUT2D eigenvalue weighted by Crippen LogP contribution is -2.48. The Bertz CT molecular complexity index is 520. The maximum atomic E-state index is 12.3. The van der Waals surface area contributed by atoms with Gasteiger partial charge >= 0.3 is 0 Å². The van der Waals surface area contributed by atoms with Gasteiger partial charge in [0, 0.05) is 30.7 Å². The number of nitrogens with zero attached hydrogens (tertiary/aromatic N) is 2. The largest absolute Gasteiger partial charge is 0.378 e. The Morgan fingerprint density at radius 1 is 1.23 bits per heavy atom. The Balaban J connectivity index is 1.57. The van der Waals surface area contributed by atoms with E-state index in [4.69, 9.17) is 9.47 Å². The van der Waals surface area contributed by atoms with Gasteiger partial charge in [-0.3, -0.25) is 9.69 Å². The molecule has 6 heteroatoms. The molecule has 0 aromatic heterocycles. The molecule has 5 nitrogen and oxygen atoms in total. The second-order valence-electron chi connectivity index (χ2n) is 5.64. The van der Waals surface area contributed by atoms with Crippen molar-refractivity contribution in [1.29, 1.82) is 0 Å². The lowest BCUT2D eigenvalue weighted by Gasteiger charge is -2.35. The molecule has 0 spiro atoms. The van der Waals surface area contributed by atoms with Crippen molar-refractivity contribution in [3.8, 4) is 0 Å². The fourth-order valence-electron chi connectivity index (χ4n) is 2.86. The minimum Gasteiger partial charge on any atom is -0.378 e. The van der Waals surface area contributed by atoms with E-state index in [-0.39, 0.29) is 12.0 Å². The predicted octanol–water partition coefficient (Wildman–Crippen LogP) is 1.68. The fraction of sp³-hybridized carbons (Fsp3) is 0.562. The van der Waals surface area contributed by atoms with E-state index in [9.17, 15) is 4.79 Å². The van der Waals surface area contributed by atoms with Crippen LogP contribution in [0.3, 0.4) is 0 Å². The Morgan fingerprint density at radius 2 is 2.05 bits per heavy atom. The van der Waals surface area contributed by atoms with E-state index < -0.39 is 0 Å². The predicted molar refractivity (Wildman–Crippen MR) is 86.7 cm³/mol. The summed E-state index contributed by atoms with van der Waals surface area (Å²) in [7, 11) is 0. The molecule has 3 rings (SSSR count). The molecule has 2 fully saturated rings. The minimum atomic E-state index is 0.0312. The molecule has 1 atom stereocenters. The van der Waals surface area contributed by atoms with Crippen LogP contribution in [0.15, 0.2) is 28.7 Å². The zero-order valence-electron chi connectivity index (χ0n) is 12.5. The number of carbonyl (C=O) groups is 1. The number of hydrogen-bond acceptors (Lipinski definition) is 4. The minimum absolute atomic E-state index is 0.0312. The van der Waals surface area contributed by atoms with Gasteiger partial charge in [0.05, 0.1) is 32.5 Å². The van der Waals surface area contributed by atoms with Crippen LogP contribution in [0.5, 0.6) is 0 Å². The lowest BCUT2D eigenvalue weighted by atomic mass is 10.1. The van der Waals surface area contributed by atoms with E-state index in [0.717, 1.165) is 23.1 Å². The quantitative estimate of drug-likeness (QED) is 0.813. The van der Waals surface area contributed by atoms with Gasteiger partial charge in [0.2, 0.25) is 5.91 Å². The smallest absolute Gasteiger partial charge is 0.236 e. The van der Waals surface area contributed by atoms with E-state index in [1.54, 1.807) is 0 Å². The van der Waals surface area contributed by atoms with Crippen LogP contribution in [-0.2, 0) is 14.3 Å². The van der Waals surface area contributed by atoms with E-state index in [0.29, 0.717) is 39.5 Å². The number of rotatable bonds is 3. The molecule has 0 bridgehead atoms. The molecular formula is C16H21BrN2O3. The third kappa shape index (κ3) is 4.07. The zero-order chi connectivity index (χ0) is 15.4. The van der Waals surface area contributed by atoms with Gasteiger partial charge in [0.15, 0.2) is 0 Å². The molecule has 1 aromatic carbocycles. The first-order valence-electron chi connectivity index (χ1n) is 7.67. The van der Waals surface area contributed by atoms with Crippen molar-refractivity contribution in [2.75, 3.05) is 52.5 Å². The SMILES string of the molecule is O=C(CN1CCO[C@@H](c2cccc(Br)c2)C1)N1CCOCC1. The van der Waals surface area contributed by atoms with Crippen molar-refractivity contribution >= 4 is 21.8 Å². The highest BCUT2D eigenvalue weighted by Crippen LogP contribution is 2.24. The maximum absolute atomic E-state index is 12.3. The summed E-state index contributed by atoms with van der Waals surface area (Å²) in [6.45, 7) is 5.40. The van der Waals surface area contributed by atoms with Crippen LogP contribution < -0.4 is 0 Å². The topological polar surface area (TPSA) is 42.0 Å². The molecule has 1 amide bonds. The Kier molecular flexibility index (Phi) is 5.46. The zero-order valence-corrected chi connectivity index (χ0v) is 14.1. The average molecular weight is 369 g/mol. The van der Waals surface area contributed by atoms with Crippen molar-refractivity contribution in [3.63, 3.8) is 0 Å². The highest BCUT2D eigenvalue weighted by molar-refractivity contribution is 9.10. The highest BCUT2D eigenvalue weighted by Gasteiger charge is 2.25. The number of benzene rings is 1. The van der Waals surface area contributed by atoms with Gasteiger partial charge in [-0.05, 0) is 17.7 Å². The standard InChI is InChI=1S/C16H21BrN2O3/c17-14-3-1-2-13(10-14)15-11-18(4-9-22-15)12-16(20)19-5-7-21-8-6-19/h1-3,10,15H,4-9,11-12H2/t15-/m1/s1. The van der Waals surface area contributed by atoms with Gasteiger partial charge < -0.3 is 14.4 Å². The molecule has 2 heterocycles. The van der Waals surface area contributed by atoms with Crippen LogP contribution in [0.1, 0.15) is 11.7 Å². The van der Waals surface area contributed by atoms with Crippen molar-refractivity contribution < 1.29 is 14.3 Å². The van der Waals surface area contributed by atoms with Crippen LogP contribution in [-0.4, -0.2) is 68.3 Å². The number of amides is 1. The van der Waals surface area contributed by atoms with Crippen molar-refractivity contribution in [1.82, 2.24) is 9.80 Å². The number of carbonyl (C=O) groups excluding carboxylic acids is 1. The van der Waals surface area contributed by atoms with E-state index in [1.165, 1.54) is 0 Å². The number of ether oxygens (including phenoxy) is 2. The first-order chi connectivity index (χ1) is 10.7. The first kappa shape index (κ1) is 15.9. The highest BCUT2D eigenvalue weighted by atomic mass is 79.9. The summed E-state index contributed by atoms with van der Waals surface area (Å²) in [6.07, 6.45) is 0.0312. The summed E-state index contributed by atoms with van der Waals surface area (Å²) in [5.74, 6) is 0.193. The molecule has 0 unspecified atom stereocenters. The average Bonchev–Trinajstić information content (AvgIpc) is 2.56. The van der Waals surface area contributed by atoms with Gasteiger partial charge in [-0.2, -0.15) is 0 Å². The molecule has 2 aliphatic rings. The normalized spacial score (nSPS) is 23.5. The molecule has 120 valence electrons. The van der Waals surface area contributed by atoms with Gasteiger partial charge in [0.25, 0.3) is 0 Å². The molecule has 0 aliphatic carbocycles. The van der Waals surface area contributed by atoms with Crippen LogP contribution in [0.2, 0.25) is 0 Å². The summed E-state index contributed by atoms with van der Waals surface area (Å²) in [5.41, 5.74) is 1.15. The molecule has 2 saturated heterocycles. The molecule has 1 aromatic rings.